The van der Waals surface area contributed by atoms with Crippen LogP contribution in [0.5, 0.6) is 0 Å². The molecule has 2 amide bonds. The minimum absolute atomic E-state index is 0.0737. The summed E-state index contributed by atoms with van der Waals surface area (Å²) in [4.78, 5) is 35.5. The topological polar surface area (TPSA) is 63.7 Å². The number of esters is 1. The van der Waals surface area contributed by atoms with E-state index in [2.05, 4.69) is 0 Å². The number of imide groups is 1. The molecule has 1 aliphatic heterocycles. The molecule has 1 saturated heterocycles. The summed E-state index contributed by atoms with van der Waals surface area (Å²) in [5.41, 5.74) is 0.403. The Bertz CT molecular complexity index is 483. The van der Waals surface area contributed by atoms with E-state index in [-0.39, 0.29) is 24.7 Å². The van der Waals surface area contributed by atoms with Crippen LogP contribution in [0.4, 0.5) is 0 Å². The predicted octanol–water partition coefficient (Wildman–Crippen LogP) is 1.34. The van der Waals surface area contributed by atoms with Crippen LogP contribution >= 0.6 is 0 Å². The number of β-lactam (4-membered cyclic amide) rings is 1. The minimum Gasteiger partial charge on any atom is -0.437 e. The molecule has 1 atom stereocenters. The van der Waals surface area contributed by atoms with Gasteiger partial charge in [0, 0.05) is 6.42 Å². The van der Waals surface area contributed by atoms with Gasteiger partial charge in [-0.15, -0.1) is 0 Å². The molecule has 1 heterocycles. The molecular weight excluding hydrogens is 234 g/mol. The number of ether oxygens (including phenoxy) is 1. The standard InChI is InChI=1S/C13H13NO4/c1-2-10(15)14-11(16)8-12(14)18-13(17)9-6-4-3-5-7-9/h3-7,12H,2,8H2,1H3. The van der Waals surface area contributed by atoms with E-state index < -0.39 is 12.2 Å². The van der Waals surface area contributed by atoms with Crippen LogP contribution in [0, 0.1) is 0 Å². The third-order valence-electron chi connectivity index (χ3n) is 2.73. The first-order valence-corrected chi connectivity index (χ1v) is 5.74. The SMILES string of the molecule is CCC(=O)N1C(=O)CC1OC(=O)c1ccccc1. The van der Waals surface area contributed by atoms with Crippen molar-refractivity contribution in [1.29, 1.82) is 0 Å². The average molecular weight is 247 g/mol. The predicted molar refractivity (Wildman–Crippen MR) is 62.4 cm³/mol. The van der Waals surface area contributed by atoms with Gasteiger partial charge in [-0.05, 0) is 12.1 Å². The second-order valence-corrected chi connectivity index (χ2v) is 3.94. The summed E-state index contributed by atoms with van der Waals surface area (Å²) in [6, 6.07) is 8.47. The van der Waals surface area contributed by atoms with Crippen molar-refractivity contribution in [2.45, 2.75) is 26.0 Å². The van der Waals surface area contributed by atoms with Gasteiger partial charge in [0.05, 0.1) is 12.0 Å². The normalized spacial score (nSPS) is 18.2. The van der Waals surface area contributed by atoms with Crippen molar-refractivity contribution < 1.29 is 19.1 Å². The van der Waals surface area contributed by atoms with Crippen LogP contribution in [0.3, 0.4) is 0 Å². The Kier molecular flexibility index (Phi) is 3.41. The van der Waals surface area contributed by atoms with Crippen molar-refractivity contribution in [2.75, 3.05) is 0 Å². The zero-order valence-electron chi connectivity index (χ0n) is 9.96. The van der Waals surface area contributed by atoms with Gasteiger partial charge in [-0.25, -0.2) is 9.69 Å². The van der Waals surface area contributed by atoms with E-state index in [0.29, 0.717) is 5.56 Å². The van der Waals surface area contributed by atoms with Gasteiger partial charge in [0.2, 0.25) is 11.8 Å². The summed E-state index contributed by atoms with van der Waals surface area (Å²) in [6.45, 7) is 1.66. The first-order chi connectivity index (χ1) is 8.63. The lowest BCUT2D eigenvalue weighted by Gasteiger charge is -2.37. The molecule has 18 heavy (non-hydrogen) atoms. The lowest BCUT2D eigenvalue weighted by Crippen LogP contribution is -2.57. The lowest BCUT2D eigenvalue weighted by molar-refractivity contribution is -0.174. The van der Waals surface area contributed by atoms with Gasteiger partial charge in [-0.3, -0.25) is 9.59 Å². The van der Waals surface area contributed by atoms with Gasteiger partial charge in [-0.2, -0.15) is 0 Å². The van der Waals surface area contributed by atoms with E-state index in [1.165, 1.54) is 0 Å². The number of hydrogen-bond donors (Lipinski definition) is 0. The van der Waals surface area contributed by atoms with Crippen molar-refractivity contribution in [3.63, 3.8) is 0 Å². The van der Waals surface area contributed by atoms with Crippen LogP contribution in [-0.4, -0.2) is 28.9 Å². The Labute approximate surface area is 104 Å². The summed E-state index contributed by atoms with van der Waals surface area (Å²) in [5.74, 6) is -1.15. The van der Waals surface area contributed by atoms with E-state index in [0.717, 1.165) is 4.90 Å². The molecule has 5 nitrogen and oxygen atoms in total. The highest BCUT2D eigenvalue weighted by molar-refractivity contribution is 6.00. The van der Waals surface area contributed by atoms with Crippen LogP contribution in [0.25, 0.3) is 0 Å². The first kappa shape index (κ1) is 12.3. The third kappa shape index (κ3) is 2.25. The molecule has 5 heteroatoms. The summed E-state index contributed by atoms with van der Waals surface area (Å²) < 4.78 is 5.12. The lowest BCUT2D eigenvalue weighted by atomic mass is 10.1. The largest absolute Gasteiger partial charge is 0.437 e. The fourth-order valence-corrected chi connectivity index (χ4v) is 1.72. The molecule has 1 unspecified atom stereocenters. The molecule has 1 aromatic carbocycles. The van der Waals surface area contributed by atoms with Crippen molar-refractivity contribution in [1.82, 2.24) is 4.90 Å². The van der Waals surface area contributed by atoms with Crippen molar-refractivity contribution in [3.8, 4) is 0 Å². The molecule has 0 radical (unpaired) electrons. The number of carbonyl (C=O) groups is 3. The molecular formula is C13H13NO4. The van der Waals surface area contributed by atoms with Crippen LogP contribution in [0.15, 0.2) is 30.3 Å². The molecule has 0 bridgehead atoms. The highest BCUT2D eigenvalue weighted by Gasteiger charge is 2.42. The van der Waals surface area contributed by atoms with E-state index in [4.69, 9.17) is 4.74 Å². The second kappa shape index (κ2) is 5.00. The smallest absolute Gasteiger partial charge is 0.340 e. The maximum absolute atomic E-state index is 11.7. The van der Waals surface area contributed by atoms with Gasteiger partial charge in [0.25, 0.3) is 0 Å². The Morgan fingerprint density at radius 1 is 1.33 bits per heavy atom. The highest BCUT2D eigenvalue weighted by Crippen LogP contribution is 2.22. The first-order valence-electron chi connectivity index (χ1n) is 5.74. The van der Waals surface area contributed by atoms with Crippen LogP contribution in [-0.2, 0) is 14.3 Å². The number of likely N-dealkylation sites (tertiary alicyclic amines) is 1. The molecule has 2 rings (SSSR count). The molecule has 1 fully saturated rings. The number of nitrogens with zero attached hydrogens (tertiary/aromatic N) is 1. The number of carbonyl (C=O) groups excluding carboxylic acids is 3. The minimum atomic E-state index is -0.752. The summed E-state index contributed by atoms with van der Waals surface area (Å²) in [6.07, 6.45) is -0.465. The second-order valence-electron chi connectivity index (χ2n) is 3.94. The van der Waals surface area contributed by atoms with Gasteiger partial charge < -0.3 is 4.74 Å². The van der Waals surface area contributed by atoms with Gasteiger partial charge in [0.15, 0.2) is 6.23 Å². The molecule has 0 aromatic heterocycles. The van der Waals surface area contributed by atoms with Crippen molar-refractivity contribution in [2.24, 2.45) is 0 Å². The van der Waals surface area contributed by atoms with Crippen molar-refractivity contribution in [3.05, 3.63) is 35.9 Å². The van der Waals surface area contributed by atoms with Crippen LogP contribution in [0.1, 0.15) is 30.1 Å². The summed E-state index contributed by atoms with van der Waals surface area (Å²) in [5, 5.41) is 0. The molecule has 1 aliphatic rings. The number of hydrogen-bond acceptors (Lipinski definition) is 4. The molecule has 0 N–H and O–H groups in total. The Morgan fingerprint density at radius 2 is 2.00 bits per heavy atom. The van der Waals surface area contributed by atoms with Crippen molar-refractivity contribution >= 4 is 17.8 Å². The van der Waals surface area contributed by atoms with E-state index in [1.54, 1.807) is 37.3 Å². The van der Waals surface area contributed by atoms with E-state index in [1.807, 2.05) is 0 Å². The van der Waals surface area contributed by atoms with Crippen LogP contribution in [0.2, 0.25) is 0 Å². The average Bonchev–Trinajstić information content (AvgIpc) is 2.38. The Balaban J connectivity index is 2.01. The number of benzene rings is 1. The fourth-order valence-electron chi connectivity index (χ4n) is 1.72. The molecule has 0 saturated carbocycles. The fraction of sp³-hybridized carbons (Fsp3) is 0.308. The maximum Gasteiger partial charge on any atom is 0.340 e. The monoisotopic (exact) mass is 247 g/mol. The quantitative estimate of drug-likeness (QED) is 0.597. The third-order valence-corrected chi connectivity index (χ3v) is 2.73. The number of amides is 2. The Hall–Kier alpha value is -2.17. The zero-order chi connectivity index (χ0) is 13.1. The number of rotatable bonds is 3. The zero-order valence-corrected chi connectivity index (χ0v) is 9.96. The molecule has 0 aliphatic carbocycles. The molecule has 94 valence electrons. The summed E-state index contributed by atoms with van der Waals surface area (Å²) in [7, 11) is 0. The van der Waals surface area contributed by atoms with E-state index in [9.17, 15) is 14.4 Å². The molecule has 0 spiro atoms. The van der Waals surface area contributed by atoms with Gasteiger partial charge in [0.1, 0.15) is 0 Å². The summed E-state index contributed by atoms with van der Waals surface area (Å²) >= 11 is 0. The maximum atomic E-state index is 11.7. The van der Waals surface area contributed by atoms with Crippen LogP contribution < -0.4 is 0 Å². The van der Waals surface area contributed by atoms with E-state index >= 15 is 0 Å². The Morgan fingerprint density at radius 3 is 2.56 bits per heavy atom. The van der Waals surface area contributed by atoms with Gasteiger partial charge >= 0.3 is 5.97 Å². The molecule has 1 aromatic rings. The highest BCUT2D eigenvalue weighted by atomic mass is 16.6. The van der Waals surface area contributed by atoms with Gasteiger partial charge in [-0.1, -0.05) is 25.1 Å².